The van der Waals surface area contributed by atoms with Crippen molar-refractivity contribution in [1.29, 1.82) is 0 Å². The number of nitrogens with zero attached hydrogens (tertiary/aromatic N) is 1. The number of anilines is 3. The zero-order valence-electron chi connectivity index (χ0n) is 22.1. The molecule has 0 bridgehead atoms. The maximum atomic E-state index is 13.6. The lowest BCUT2D eigenvalue weighted by molar-refractivity contribution is -0.114. The molecular weight excluding hydrogens is 570 g/mol. The molecule has 0 heterocycles. The van der Waals surface area contributed by atoms with Gasteiger partial charge in [0.1, 0.15) is 6.54 Å². The molecule has 0 aliphatic carbocycles. The Kier molecular flexibility index (Phi) is 8.53. The number of carbonyl (C=O) groups excluding carboxylic acids is 1. The number of aryl methyl sites for hydroxylation is 3. The van der Waals surface area contributed by atoms with E-state index in [1.54, 1.807) is 43.3 Å². The second-order valence-corrected chi connectivity index (χ2v) is 13.2. The fraction of sp³-hybridized carbons (Fsp3) is 0.138. The van der Waals surface area contributed by atoms with Gasteiger partial charge in [-0.1, -0.05) is 53.6 Å². The van der Waals surface area contributed by atoms with Gasteiger partial charge in [0.05, 0.1) is 21.2 Å². The van der Waals surface area contributed by atoms with Crippen molar-refractivity contribution < 1.29 is 21.6 Å². The lowest BCUT2D eigenvalue weighted by Gasteiger charge is -2.26. The van der Waals surface area contributed by atoms with Crippen molar-refractivity contribution >= 4 is 54.6 Å². The molecule has 0 saturated heterocycles. The first-order valence-corrected chi connectivity index (χ1v) is 15.5. The van der Waals surface area contributed by atoms with Crippen LogP contribution in [0.2, 0.25) is 5.02 Å². The Balaban J connectivity index is 1.55. The van der Waals surface area contributed by atoms with Gasteiger partial charge in [0, 0.05) is 10.7 Å². The Hall–Kier alpha value is -3.86. The first-order valence-electron chi connectivity index (χ1n) is 12.2. The smallest absolute Gasteiger partial charge is 0.264 e. The number of rotatable bonds is 9. The minimum absolute atomic E-state index is 0.00769. The largest absolute Gasteiger partial charge is 0.325 e. The summed E-state index contributed by atoms with van der Waals surface area (Å²) in [6.45, 7) is 4.93. The van der Waals surface area contributed by atoms with E-state index in [0.29, 0.717) is 22.0 Å². The number of nitrogens with one attached hydrogen (secondary N) is 2. The molecule has 4 aromatic rings. The molecule has 11 heteroatoms. The normalized spacial score (nSPS) is 11.6. The average molecular weight is 598 g/mol. The van der Waals surface area contributed by atoms with E-state index < -0.39 is 32.5 Å². The highest BCUT2D eigenvalue weighted by molar-refractivity contribution is 7.93. The minimum atomic E-state index is -4.12. The third-order valence-corrected chi connectivity index (χ3v) is 9.52. The Bertz CT molecular complexity index is 1760. The van der Waals surface area contributed by atoms with E-state index in [9.17, 15) is 21.6 Å². The van der Waals surface area contributed by atoms with Gasteiger partial charge in [-0.05, 0) is 86.5 Å². The predicted octanol–water partition coefficient (Wildman–Crippen LogP) is 5.90. The molecule has 0 aliphatic heterocycles. The van der Waals surface area contributed by atoms with Crippen LogP contribution in [0.1, 0.15) is 16.7 Å². The van der Waals surface area contributed by atoms with E-state index in [1.165, 1.54) is 42.5 Å². The Labute approximate surface area is 239 Å². The van der Waals surface area contributed by atoms with Crippen molar-refractivity contribution in [1.82, 2.24) is 0 Å². The Morgan fingerprint density at radius 3 is 2.10 bits per heavy atom. The molecule has 0 spiro atoms. The quantitative estimate of drug-likeness (QED) is 0.249. The lowest BCUT2D eigenvalue weighted by atomic mass is 10.1. The van der Waals surface area contributed by atoms with Crippen molar-refractivity contribution in [3.63, 3.8) is 0 Å². The van der Waals surface area contributed by atoms with Gasteiger partial charge >= 0.3 is 0 Å². The summed E-state index contributed by atoms with van der Waals surface area (Å²) < 4.78 is 56.5. The van der Waals surface area contributed by atoms with Crippen LogP contribution in [0.4, 0.5) is 17.1 Å². The van der Waals surface area contributed by atoms with Gasteiger partial charge in [0.15, 0.2) is 0 Å². The summed E-state index contributed by atoms with van der Waals surface area (Å²) >= 11 is 6.17. The van der Waals surface area contributed by atoms with Crippen molar-refractivity contribution in [3.05, 3.63) is 113 Å². The lowest BCUT2D eigenvalue weighted by Crippen LogP contribution is -2.38. The highest BCUT2D eigenvalue weighted by Gasteiger charge is 2.28. The summed E-state index contributed by atoms with van der Waals surface area (Å²) in [7, 11) is -7.99. The van der Waals surface area contributed by atoms with Gasteiger partial charge in [0.25, 0.3) is 20.0 Å². The molecule has 0 fully saturated rings. The second kappa shape index (κ2) is 11.7. The number of hydrogen-bond acceptors (Lipinski definition) is 5. The van der Waals surface area contributed by atoms with Gasteiger partial charge in [-0.2, -0.15) is 0 Å². The third kappa shape index (κ3) is 6.64. The predicted molar refractivity (Wildman–Crippen MR) is 159 cm³/mol. The summed E-state index contributed by atoms with van der Waals surface area (Å²) in [5.74, 6) is -0.622. The molecule has 0 atom stereocenters. The Morgan fingerprint density at radius 1 is 0.775 bits per heavy atom. The summed E-state index contributed by atoms with van der Waals surface area (Å²) in [6.07, 6.45) is 0. The standard InChI is InChI=1S/C29H28ClN3O5S2/c1-20-9-16-27(22(3)17-20)32-39(35,36)25-14-12-24(13-15-25)31-29(34)19-33(28-18-23(30)11-10-21(28)2)40(37,38)26-7-5-4-6-8-26/h4-18,32H,19H2,1-3H3,(H,31,34). The average Bonchev–Trinajstić information content (AvgIpc) is 2.91. The van der Waals surface area contributed by atoms with E-state index in [-0.39, 0.29) is 15.5 Å². The molecule has 0 aliphatic rings. The van der Waals surface area contributed by atoms with Crippen LogP contribution in [-0.4, -0.2) is 29.3 Å². The minimum Gasteiger partial charge on any atom is -0.325 e. The van der Waals surface area contributed by atoms with Crippen molar-refractivity contribution in [2.24, 2.45) is 0 Å². The molecule has 40 heavy (non-hydrogen) atoms. The number of sulfonamides is 2. The van der Waals surface area contributed by atoms with E-state index in [0.717, 1.165) is 15.4 Å². The van der Waals surface area contributed by atoms with Gasteiger partial charge in [0.2, 0.25) is 5.91 Å². The summed E-state index contributed by atoms with van der Waals surface area (Å²) in [4.78, 5) is 13.1. The number of amides is 1. The highest BCUT2D eigenvalue weighted by Crippen LogP contribution is 2.30. The van der Waals surface area contributed by atoms with Gasteiger partial charge in [-0.3, -0.25) is 13.8 Å². The number of benzene rings is 4. The van der Waals surface area contributed by atoms with E-state index in [4.69, 9.17) is 11.6 Å². The zero-order chi connectivity index (χ0) is 29.1. The summed E-state index contributed by atoms with van der Waals surface area (Å²) in [6, 6.07) is 23.6. The molecule has 4 aromatic carbocycles. The van der Waals surface area contributed by atoms with Gasteiger partial charge < -0.3 is 5.32 Å². The molecule has 8 nitrogen and oxygen atoms in total. The van der Waals surface area contributed by atoms with E-state index in [2.05, 4.69) is 10.0 Å². The van der Waals surface area contributed by atoms with Crippen molar-refractivity contribution in [2.45, 2.75) is 30.6 Å². The zero-order valence-corrected chi connectivity index (χ0v) is 24.4. The second-order valence-electron chi connectivity index (χ2n) is 9.25. The number of carbonyl (C=O) groups is 1. The maximum Gasteiger partial charge on any atom is 0.264 e. The van der Waals surface area contributed by atoms with Crippen molar-refractivity contribution in [3.8, 4) is 0 Å². The SMILES string of the molecule is Cc1ccc(NS(=O)(=O)c2ccc(NC(=O)CN(c3cc(Cl)ccc3C)S(=O)(=O)c3ccccc3)cc2)c(C)c1. The van der Waals surface area contributed by atoms with Crippen LogP contribution in [0.3, 0.4) is 0 Å². The molecular formula is C29H28ClN3O5S2. The first kappa shape index (κ1) is 29.1. The van der Waals surface area contributed by atoms with Crippen LogP contribution in [-0.2, 0) is 24.8 Å². The molecule has 0 aromatic heterocycles. The van der Waals surface area contributed by atoms with Crippen LogP contribution in [0.25, 0.3) is 0 Å². The molecule has 208 valence electrons. The number of hydrogen-bond donors (Lipinski definition) is 2. The first-order chi connectivity index (χ1) is 18.9. The van der Waals surface area contributed by atoms with E-state index >= 15 is 0 Å². The van der Waals surface area contributed by atoms with Crippen LogP contribution in [0.5, 0.6) is 0 Å². The third-order valence-electron chi connectivity index (χ3n) is 6.13. The van der Waals surface area contributed by atoms with Crippen LogP contribution in [0.15, 0.2) is 101 Å². The van der Waals surface area contributed by atoms with Crippen LogP contribution < -0.4 is 14.3 Å². The van der Waals surface area contributed by atoms with E-state index in [1.807, 2.05) is 26.0 Å². The maximum absolute atomic E-state index is 13.6. The van der Waals surface area contributed by atoms with Crippen LogP contribution in [0, 0.1) is 20.8 Å². The van der Waals surface area contributed by atoms with Gasteiger partial charge in [-0.25, -0.2) is 16.8 Å². The summed E-state index contributed by atoms with van der Waals surface area (Å²) in [5.41, 5.74) is 3.46. The molecule has 4 rings (SSSR count). The molecule has 0 saturated carbocycles. The highest BCUT2D eigenvalue weighted by atomic mass is 35.5. The fourth-order valence-corrected chi connectivity index (χ4v) is 6.85. The molecule has 2 N–H and O–H groups in total. The number of halogens is 1. The Morgan fingerprint density at radius 2 is 1.45 bits per heavy atom. The van der Waals surface area contributed by atoms with Crippen molar-refractivity contribution in [2.75, 3.05) is 20.9 Å². The molecule has 1 amide bonds. The fourth-order valence-electron chi connectivity index (χ4n) is 4.05. The van der Waals surface area contributed by atoms with Gasteiger partial charge in [-0.15, -0.1) is 0 Å². The summed E-state index contributed by atoms with van der Waals surface area (Å²) in [5, 5.41) is 2.97. The van der Waals surface area contributed by atoms with Crippen LogP contribution >= 0.6 is 11.6 Å². The topological polar surface area (TPSA) is 113 Å². The monoisotopic (exact) mass is 597 g/mol. The molecule has 0 radical (unpaired) electrons. The molecule has 0 unspecified atom stereocenters.